The van der Waals surface area contributed by atoms with Crippen LogP contribution in [0.3, 0.4) is 0 Å². The van der Waals surface area contributed by atoms with E-state index in [9.17, 15) is 9.90 Å². The van der Waals surface area contributed by atoms with Crippen LogP contribution in [-0.4, -0.2) is 23.2 Å². The number of para-hydroxylation sites is 1. The second-order valence-corrected chi connectivity index (χ2v) is 3.24. The molecule has 76 valence electrons. The van der Waals surface area contributed by atoms with E-state index in [1.807, 2.05) is 6.07 Å². The molecule has 1 atom stereocenters. The van der Waals surface area contributed by atoms with Crippen molar-refractivity contribution in [1.29, 1.82) is 0 Å². The third-order valence-corrected chi connectivity index (χ3v) is 1.79. The van der Waals surface area contributed by atoms with Crippen molar-refractivity contribution in [2.45, 2.75) is 12.5 Å². The van der Waals surface area contributed by atoms with Gasteiger partial charge in [-0.15, -0.1) is 0 Å². The van der Waals surface area contributed by atoms with Crippen molar-refractivity contribution in [3.05, 3.63) is 30.3 Å². The normalized spacial score (nSPS) is 14.4. The van der Waals surface area contributed by atoms with Crippen LogP contribution in [0.25, 0.3) is 0 Å². The van der Waals surface area contributed by atoms with Gasteiger partial charge in [-0.2, -0.15) is 0 Å². The highest BCUT2D eigenvalue weighted by atomic mass is 16.5. The van der Waals surface area contributed by atoms with Gasteiger partial charge in [0.1, 0.15) is 12.4 Å². The minimum atomic E-state index is -1.63. The molecule has 3 N–H and O–H groups in total. The highest BCUT2D eigenvalue weighted by Gasteiger charge is 2.28. The van der Waals surface area contributed by atoms with Crippen LogP contribution in [0.5, 0.6) is 5.75 Å². The summed E-state index contributed by atoms with van der Waals surface area (Å²) in [6, 6.07) is 8.91. The van der Waals surface area contributed by atoms with Crippen molar-refractivity contribution in [2.75, 3.05) is 6.61 Å². The molecule has 0 radical (unpaired) electrons. The number of aliphatic hydroxyl groups is 1. The monoisotopic (exact) mass is 195 g/mol. The van der Waals surface area contributed by atoms with E-state index in [0.717, 1.165) is 0 Å². The average molecular weight is 195 g/mol. The van der Waals surface area contributed by atoms with E-state index in [-0.39, 0.29) is 6.61 Å². The first-order chi connectivity index (χ1) is 6.52. The van der Waals surface area contributed by atoms with Crippen LogP contribution in [-0.2, 0) is 4.79 Å². The largest absolute Gasteiger partial charge is 0.490 e. The first-order valence-corrected chi connectivity index (χ1v) is 4.22. The van der Waals surface area contributed by atoms with Gasteiger partial charge in [0.25, 0.3) is 5.91 Å². The second-order valence-electron chi connectivity index (χ2n) is 3.24. The van der Waals surface area contributed by atoms with E-state index >= 15 is 0 Å². The van der Waals surface area contributed by atoms with Crippen LogP contribution in [0, 0.1) is 0 Å². The van der Waals surface area contributed by atoms with Crippen molar-refractivity contribution in [1.82, 2.24) is 0 Å². The van der Waals surface area contributed by atoms with E-state index in [4.69, 9.17) is 10.5 Å². The SMILES string of the molecule is CC(O)(COc1ccccc1)C(N)=O. The van der Waals surface area contributed by atoms with Crippen molar-refractivity contribution in [3.63, 3.8) is 0 Å². The summed E-state index contributed by atoms with van der Waals surface area (Å²) in [5.74, 6) is -0.206. The van der Waals surface area contributed by atoms with Crippen molar-refractivity contribution >= 4 is 5.91 Å². The van der Waals surface area contributed by atoms with Crippen LogP contribution >= 0.6 is 0 Å². The number of primary amides is 1. The number of hydrogen-bond acceptors (Lipinski definition) is 3. The molecular formula is C10H13NO3. The molecule has 0 bridgehead atoms. The van der Waals surface area contributed by atoms with E-state index in [1.165, 1.54) is 6.92 Å². The number of ether oxygens (including phenoxy) is 1. The molecule has 4 heteroatoms. The molecule has 1 aromatic rings. The molecule has 1 amide bonds. The predicted octanol–water partition coefficient (Wildman–Crippen LogP) is 0.302. The van der Waals surface area contributed by atoms with E-state index in [0.29, 0.717) is 5.75 Å². The molecule has 0 spiro atoms. The van der Waals surface area contributed by atoms with E-state index < -0.39 is 11.5 Å². The lowest BCUT2D eigenvalue weighted by atomic mass is 10.1. The van der Waals surface area contributed by atoms with Crippen molar-refractivity contribution in [3.8, 4) is 5.75 Å². The quantitative estimate of drug-likeness (QED) is 0.725. The molecule has 0 fully saturated rings. The summed E-state index contributed by atoms with van der Waals surface area (Å²) in [5.41, 5.74) is 3.34. The Labute approximate surface area is 82.3 Å². The summed E-state index contributed by atoms with van der Waals surface area (Å²) < 4.78 is 5.18. The van der Waals surface area contributed by atoms with Crippen LogP contribution in [0.4, 0.5) is 0 Å². The summed E-state index contributed by atoms with van der Waals surface area (Å²) in [5, 5.41) is 9.45. The molecule has 0 saturated heterocycles. The minimum Gasteiger partial charge on any atom is -0.490 e. The fourth-order valence-electron chi connectivity index (χ4n) is 0.812. The van der Waals surface area contributed by atoms with Gasteiger partial charge in [0.05, 0.1) is 0 Å². The molecule has 0 aliphatic heterocycles. The summed E-state index contributed by atoms with van der Waals surface area (Å²) in [7, 11) is 0. The molecule has 0 aliphatic carbocycles. The van der Waals surface area contributed by atoms with Crippen molar-refractivity contribution < 1.29 is 14.6 Å². The molecule has 1 aromatic carbocycles. The molecule has 0 aliphatic rings. The average Bonchev–Trinajstić information content (AvgIpc) is 2.16. The molecule has 4 nitrogen and oxygen atoms in total. The maximum Gasteiger partial charge on any atom is 0.252 e. The lowest BCUT2D eigenvalue weighted by molar-refractivity contribution is -0.137. The van der Waals surface area contributed by atoms with Gasteiger partial charge in [0.15, 0.2) is 5.60 Å². The topological polar surface area (TPSA) is 72.6 Å². The third-order valence-electron chi connectivity index (χ3n) is 1.79. The lowest BCUT2D eigenvalue weighted by Gasteiger charge is -2.19. The molecule has 14 heavy (non-hydrogen) atoms. The van der Waals surface area contributed by atoms with Crippen molar-refractivity contribution in [2.24, 2.45) is 5.73 Å². The predicted molar refractivity (Wildman–Crippen MR) is 51.8 cm³/mol. The summed E-state index contributed by atoms with van der Waals surface area (Å²) in [4.78, 5) is 10.7. The molecule has 0 aromatic heterocycles. The lowest BCUT2D eigenvalue weighted by Crippen LogP contribution is -2.45. The molecule has 1 unspecified atom stereocenters. The highest BCUT2D eigenvalue weighted by Crippen LogP contribution is 2.11. The minimum absolute atomic E-state index is 0.146. The van der Waals surface area contributed by atoms with E-state index in [1.54, 1.807) is 24.3 Å². The fourth-order valence-corrected chi connectivity index (χ4v) is 0.812. The number of hydrogen-bond donors (Lipinski definition) is 2. The molecular weight excluding hydrogens is 182 g/mol. The Hall–Kier alpha value is -1.55. The Morgan fingerprint density at radius 1 is 1.50 bits per heavy atom. The smallest absolute Gasteiger partial charge is 0.252 e. The molecule has 0 saturated carbocycles. The zero-order valence-electron chi connectivity index (χ0n) is 7.93. The summed E-state index contributed by atoms with van der Waals surface area (Å²) in [6.45, 7) is 1.17. The third kappa shape index (κ3) is 2.74. The maximum absolute atomic E-state index is 10.7. The maximum atomic E-state index is 10.7. The van der Waals surface area contributed by atoms with Gasteiger partial charge in [-0.25, -0.2) is 0 Å². The van der Waals surface area contributed by atoms with Gasteiger partial charge < -0.3 is 15.6 Å². The Kier molecular flexibility index (Phi) is 3.09. The zero-order valence-corrected chi connectivity index (χ0v) is 7.93. The van der Waals surface area contributed by atoms with Gasteiger partial charge >= 0.3 is 0 Å². The number of benzene rings is 1. The van der Waals surface area contributed by atoms with Gasteiger partial charge in [0, 0.05) is 0 Å². The number of nitrogens with two attached hydrogens (primary N) is 1. The van der Waals surface area contributed by atoms with Gasteiger partial charge in [0.2, 0.25) is 0 Å². The number of rotatable bonds is 4. The number of carbonyl (C=O) groups is 1. The van der Waals surface area contributed by atoms with Crippen LogP contribution in [0.15, 0.2) is 30.3 Å². The standard InChI is InChI=1S/C10H13NO3/c1-10(13,9(11)12)7-14-8-5-3-2-4-6-8/h2-6,13H,7H2,1H3,(H2,11,12). The Morgan fingerprint density at radius 3 is 2.57 bits per heavy atom. The Bertz CT molecular complexity index is 308. The fraction of sp³-hybridized carbons (Fsp3) is 0.300. The van der Waals surface area contributed by atoms with Gasteiger partial charge in [-0.1, -0.05) is 18.2 Å². The molecule has 0 heterocycles. The zero-order chi connectivity index (χ0) is 10.6. The molecule has 1 rings (SSSR count). The van der Waals surface area contributed by atoms with Gasteiger partial charge in [-0.05, 0) is 19.1 Å². The number of carbonyl (C=O) groups excluding carboxylic acids is 1. The number of amides is 1. The first kappa shape index (κ1) is 10.5. The second kappa shape index (κ2) is 4.11. The summed E-state index contributed by atoms with van der Waals surface area (Å²) in [6.07, 6.45) is 0. The van der Waals surface area contributed by atoms with Crippen LogP contribution in [0.2, 0.25) is 0 Å². The van der Waals surface area contributed by atoms with Crippen LogP contribution in [0.1, 0.15) is 6.92 Å². The Morgan fingerprint density at radius 2 is 2.07 bits per heavy atom. The van der Waals surface area contributed by atoms with Crippen LogP contribution < -0.4 is 10.5 Å². The van der Waals surface area contributed by atoms with E-state index in [2.05, 4.69) is 0 Å². The summed E-state index contributed by atoms with van der Waals surface area (Å²) >= 11 is 0. The first-order valence-electron chi connectivity index (χ1n) is 4.22. The van der Waals surface area contributed by atoms with Gasteiger partial charge in [-0.3, -0.25) is 4.79 Å². The highest BCUT2D eigenvalue weighted by molar-refractivity contribution is 5.82. The Balaban J connectivity index is 2.53.